The van der Waals surface area contributed by atoms with Crippen molar-refractivity contribution in [2.75, 3.05) is 0 Å². The summed E-state index contributed by atoms with van der Waals surface area (Å²) in [5.41, 5.74) is 1.96. The molecule has 0 aliphatic heterocycles. The molecule has 2 aliphatic carbocycles. The largest absolute Gasteiger partial charge is 0.393 e. The van der Waals surface area contributed by atoms with E-state index >= 15 is 0 Å². The summed E-state index contributed by atoms with van der Waals surface area (Å²) in [4.78, 5) is 0. The summed E-state index contributed by atoms with van der Waals surface area (Å²) in [6.07, 6.45) is 9.62. The van der Waals surface area contributed by atoms with Gasteiger partial charge in [0.1, 0.15) is 0 Å². The van der Waals surface area contributed by atoms with Gasteiger partial charge in [-0.2, -0.15) is 0 Å². The fourth-order valence-electron chi connectivity index (χ4n) is 3.47. The van der Waals surface area contributed by atoms with E-state index < -0.39 is 0 Å². The molecule has 0 spiro atoms. The average Bonchev–Trinajstić information content (AvgIpc) is 2.45. The molecule has 1 nitrogen and oxygen atoms in total. The molecular weight excluding hydrogens is 196 g/mol. The van der Waals surface area contributed by atoms with Gasteiger partial charge in [0.15, 0.2) is 0 Å². The molecule has 1 fully saturated rings. The Kier molecular flexibility index (Phi) is 3.44. The molecule has 0 unspecified atom stereocenters. The second kappa shape index (κ2) is 4.52. The van der Waals surface area contributed by atoms with E-state index in [0.717, 1.165) is 24.7 Å². The van der Waals surface area contributed by atoms with E-state index in [2.05, 4.69) is 26.8 Å². The van der Waals surface area contributed by atoms with Crippen LogP contribution in [0.15, 0.2) is 11.6 Å². The lowest BCUT2D eigenvalue weighted by Gasteiger charge is -2.35. The first-order chi connectivity index (χ1) is 7.50. The zero-order valence-electron chi connectivity index (χ0n) is 11.0. The van der Waals surface area contributed by atoms with Crippen molar-refractivity contribution in [1.82, 2.24) is 0 Å². The summed E-state index contributed by atoms with van der Waals surface area (Å²) in [6, 6.07) is 0. The average molecular weight is 222 g/mol. The summed E-state index contributed by atoms with van der Waals surface area (Å²) >= 11 is 0. The monoisotopic (exact) mass is 222 g/mol. The summed E-state index contributed by atoms with van der Waals surface area (Å²) in [5, 5.41) is 9.72. The second-order valence-electron chi connectivity index (χ2n) is 6.46. The van der Waals surface area contributed by atoms with Gasteiger partial charge in [0.25, 0.3) is 0 Å². The summed E-state index contributed by atoms with van der Waals surface area (Å²) in [7, 11) is 0. The SMILES string of the molecule is CC1=CC[C@@H](C[C@@H]2CCC[C@@H](O)C2)C1(C)C. The molecule has 1 heteroatoms. The molecule has 3 atom stereocenters. The van der Waals surface area contributed by atoms with Crippen molar-refractivity contribution in [3.63, 3.8) is 0 Å². The Labute approximate surface area is 99.9 Å². The number of hydrogen-bond donors (Lipinski definition) is 1. The van der Waals surface area contributed by atoms with Crippen LogP contribution in [0.4, 0.5) is 0 Å². The number of aliphatic hydroxyl groups excluding tert-OH is 1. The van der Waals surface area contributed by atoms with Crippen LogP contribution in [0.1, 0.15) is 59.3 Å². The fraction of sp³-hybridized carbons (Fsp3) is 0.867. The zero-order valence-corrected chi connectivity index (χ0v) is 11.0. The van der Waals surface area contributed by atoms with Gasteiger partial charge < -0.3 is 5.11 Å². The molecule has 0 amide bonds. The molecule has 1 N–H and O–H groups in total. The van der Waals surface area contributed by atoms with Gasteiger partial charge >= 0.3 is 0 Å². The maximum Gasteiger partial charge on any atom is 0.0542 e. The van der Waals surface area contributed by atoms with Crippen LogP contribution in [-0.2, 0) is 0 Å². The third-order valence-corrected chi connectivity index (χ3v) is 5.12. The number of rotatable bonds is 2. The third kappa shape index (κ3) is 2.34. The highest BCUT2D eigenvalue weighted by atomic mass is 16.3. The molecule has 0 saturated heterocycles. The molecule has 0 heterocycles. The van der Waals surface area contributed by atoms with Gasteiger partial charge in [0.05, 0.1) is 6.10 Å². The van der Waals surface area contributed by atoms with Gasteiger partial charge in [-0.05, 0) is 49.9 Å². The van der Waals surface area contributed by atoms with E-state index in [1.807, 2.05) is 0 Å². The van der Waals surface area contributed by atoms with Gasteiger partial charge in [0.2, 0.25) is 0 Å². The van der Waals surface area contributed by atoms with Crippen molar-refractivity contribution in [3.8, 4) is 0 Å². The highest BCUT2D eigenvalue weighted by Crippen LogP contribution is 2.47. The number of aliphatic hydroxyl groups is 1. The number of allylic oxidation sites excluding steroid dienone is 2. The van der Waals surface area contributed by atoms with Crippen LogP contribution < -0.4 is 0 Å². The lowest BCUT2D eigenvalue weighted by Crippen LogP contribution is -2.26. The predicted octanol–water partition coefficient (Wildman–Crippen LogP) is 3.92. The lowest BCUT2D eigenvalue weighted by molar-refractivity contribution is 0.0846. The normalized spacial score (nSPS) is 38.5. The van der Waals surface area contributed by atoms with E-state index in [1.165, 1.54) is 25.7 Å². The van der Waals surface area contributed by atoms with Gasteiger partial charge in [-0.3, -0.25) is 0 Å². The molecule has 92 valence electrons. The van der Waals surface area contributed by atoms with Crippen LogP contribution >= 0.6 is 0 Å². The zero-order chi connectivity index (χ0) is 11.8. The van der Waals surface area contributed by atoms with Crippen molar-refractivity contribution in [3.05, 3.63) is 11.6 Å². The maximum atomic E-state index is 9.72. The molecule has 2 aliphatic rings. The van der Waals surface area contributed by atoms with E-state index in [-0.39, 0.29) is 6.10 Å². The molecule has 0 aromatic rings. The Morgan fingerprint density at radius 1 is 1.38 bits per heavy atom. The lowest BCUT2D eigenvalue weighted by atomic mass is 9.71. The van der Waals surface area contributed by atoms with Crippen LogP contribution in [0.5, 0.6) is 0 Å². The third-order valence-electron chi connectivity index (χ3n) is 5.12. The molecule has 0 aromatic heterocycles. The summed E-state index contributed by atoms with van der Waals surface area (Å²) < 4.78 is 0. The van der Waals surface area contributed by atoms with E-state index in [4.69, 9.17) is 0 Å². The molecule has 0 aromatic carbocycles. The summed E-state index contributed by atoms with van der Waals surface area (Å²) in [5.74, 6) is 1.58. The molecule has 16 heavy (non-hydrogen) atoms. The first-order valence-electron chi connectivity index (χ1n) is 6.85. The molecule has 2 rings (SSSR count). The van der Waals surface area contributed by atoms with Gasteiger partial charge in [-0.1, -0.05) is 38.3 Å². The first kappa shape index (κ1) is 12.2. The van der Waals surface area contributed by atoms with Crippen molar-refractivity contribution in [2.45, 2.75) is 65.4 Å². The Morgan fingerprint density at radius 2 is 2.12 bits per heavy atom. The minimum Gasteiger partial charge on any atom is -0.393 e. The Morgan fingerprint density at radius 3 is 2.69 bits per heavy atom. The smallest absolute Gasteiger partial charge is 0.0542 e. The predicted molar refractivity (Wildman–Crippen MR) is 68.2 cm³/mol. The summed E-state index contributed by atoms with van der Waals surface area (Å²) in [6.45, 7) is 7.04. The Bertz CT molecular complexity index is 277. The van der Waals surface area contributed by atoms with Crippen molar-refractivity contribution in [2.24, 2.45) is 17.3 Å². The van der Waals surface area contributed by atoms with Gasteiger partial charge in [-0.15, -0.1) is 0 Å². The van der Waals surface area contributed by atoms with E-state index in [1.54, 1.807) is 5.57 Å². The first-order valence-corrected chi connectivity index (χ1v) is 6.85. The van der Waals surface area contributed by atoms with Crippen LogP contribution in [0.25, 0.3) is 0 Å². The molecular formula is C15H26O. The van der Waals surface area contributed by atoms with Crippen molar-refractivity contribution >= 4 is 0 Å². The maximum absolute atomic E-state index is 9.72. The standard InChI is InChI=1S/C15H26O/c1-11-7-8-13(15(11,2)3)9-12-5-4-6-14(16)10-12/h7,12-14,16H,4-6,8-10H2,1-3H3/t12-,13-,14+/m0/s1. The molecule has 0 radical (unpaired) electrons. The fourth-order valence-corrected chi connectivity index (χ4v) is 3.47. The quantitative estimate of drug-likeness (QED) is 0.702. The highest BCUT2D eigenvalue weighted by Gasteiger charge is 2.36. The van der Waals surface area contributed by atoms with Gasteiger partial charge in [0, 0.05) is 0 Å². The van der Waals surface area contributed by atoms with Crippen LogP contribution in [0, 0.1) is 17.3 Å². The minimum atomic E-state index is -0.0164. The van der Waals surface area contributed by atoms with Gasteiger partial charge in [-0.25, -0.2) is 0 Å². The topological polar surface area (TPSA) is 20.2 Å². The Hall–Kier alpha value is -0.300. The van der Waals surface area contributed by atoms with E-state index in [0.29, 0.717) is 5.41 Å². The number of hydrogen-bond acceptors (Lipinski definition) is 1. The van der Waals surface area contributed by atoms with Crippen molar-refractivity contribution < 1.29 is 5.11 Å². The van der Waals surface area contributed by atoms with E-state index in [9.17, 15) is 5.11 Å². The van der Waals surface area contributed by atoms with Crippen LogP contribution in [0.2, 0.25) is 0 Å². The molecule has 1 saturated carbocycles. The Balaban J connectivity index is 1.91. The van der Waals surface area contributed by atoms with Crippen molar-refractivity contribution in [1.29, 1.82) is 0 Å². The van der Waals surface area contributed by atoms with Crippen LogP contribution in [-0.4, -0.2) is 11.2 Å². The molecule has 0 bridgehead atoms. The minimum absolute atomic E-state index is 0.0164. The highest BCUT2D eigenvalue weighted by molar-refractivity contribution is 5.18. The second-order valence-corrected chi connectivity index (χ2v) is 6.46. The van der Waals surface area contributed by atoms with Crippen LogP contribution in [0.3, 0.4) is 0 Å².